The molecule has 0 fully saturated rings. The summed E-state index contributed by atoms with van der Waals surface area (Å²) in [6, 6.07) is 10.0. The molecule has 0 aliphatic rings. The van der Waals surface area contributed by atoms with Crippen LogP contribution < -0.4 is 10.5 Å². The minimum absolute atomic E-state index is 0.120. The van der Waals surface area contributed by atoms with Crippen molar-refractivity contribution in [3.8, 4) is 0 Å². The molecular formula is C14H14BrFN2O2S. The second kappa shape index (κ2) is 6.13. The Hall–Kier alpha value is -1.44. The summed E-state index contributed by atoms with van der Waals surface area (Å²) in [5.41, 5.74) is 6.26. The molecule has 0 amide bonds. The zero-order valence-electron chi connectivity index (χ0n) is 11.2. The molecule has 21 heavy (non-hydrogen) atoms. The first-order chi connectivity index (χ1) is 9.79. The summed E-state index contributed by atoms with van der Waals surface area (Å²) >= 11 is 3.32. The molecule has 0 heterocycles. The number of anilines is 1. The van der Waals surface area contributed by atoms with Crippen molar-refractivity contribution in [2.24, 2.45) is 0 Å². The standard InChI is InChI=1S/C14H14BrFN2O2S/c1-9(10-2-4-11(15)5-3-10)18-21(19,20)14-7-6-12(16)8-13(14)17/h2-9,18H,17H2,1H3. The molecule has 1 unspecified atom stereocenters. The van der Waals surface area contributed by atoms with Crippen LogP contribution in [0, 0.1) is 5.82 Å². The minimum atomic E-state index is -3.82. The third-order valence-corrected chi connectivity index (χ3v) is 5.11. The Morgan fingerprint density at radius 2 is 1.81 bits per heavy atom. The average Bonchev–Trinajstić information content (AvgIpc) is 2.38. The molecule has 4 nitrogen and oxygen atoms in total. The summed E-state index contributed by atoms with van der Waals surface area (Å²) in [7, 11) is -3.82. The Labute approximate surface area is 131 Å². The van der Waals surface area contributed by atoms with Crippen LogP contribution in [0.3, 0.4) is 0 Å². The van der Waals surface area contributed by atoms with Crippen LogP contribution in [0.15, 0.2) is 51.8 Å². The Balaban J connectivity index is 2.26. The number of benzene rings is 2. The molecule has 2 aromatic carbocycles. The number of sulfonamides is 1. The number of halogens is 2. The van der Waals surface area contributed by atoms with Gasteiger partial charge in [-0.1, -0.05) is 28.1 Å². The van der Waals surface area contributed by atoms with Gasteiger partial charge in [-0.3, -0.25) is 0 Å². The lowest BCUT2D eigenvalue weighted by molar-refractivity contribution is 0.567. The fourth-order valence-corrected chi connectivity index (χ4v) is 3.49. The van der Waals surface area contributed by atoms with Crippen molar-refractivity contribution < 1.29 is 12.8 Å². The van der Waals surface area contributed by atoms with Gasteiger partial charge in [-0.15, -0.1) is 0 Å². The number of nitrogens with two attached hydrogens (primary N) is 1. The van der Waals surface area contributed by atoms with Crippen LogP contribution in [0.1, 0.15) is 18.5 Å². The highest BCUT2D eigenvalue weighted by Gasteiger charge is 2.21. The predicted molar refractivity (Wildman–Crippen MR) is 83.7 cm³/mol. The zero-order valence-corrected chi connectivity index (χ0v) is 13.6. The molecule has 0 radical (unpaired) electrons. The SMILES string of the molecule is CC(NS(=O)(=O)c1ccc(F)cc1N)c1ccc(Br)cc1. The first-order valence-corrected chi connectivity index (χ1v) is 8.40. The van der Waals surface area contributed by atoms with Gasteiger partial charge in [-0.25, -0.2) is 17.5 Å². The van der Waals surface area contributed by atoms with Gasteiger partial charge in [0, 0.05) is 10.5 Å². The van der Waals surface area contributed by atoms with Crippen molar-refractivity contribution in [2.75, 3.05) is 5.73 Å². The topological polar surface area (TPSA) is 72.2 Å². The van der Waals surface area contributed by atoms with Crippen molar-refractivity contribution in [1.82, 2.24) is 4.72 Å². The molecular weight excluding hydrogens is 359 g/mol. The van der Waals surface area contributed by atoms with Gasteiger partial charge in [0.1, 0.15) is 10.7 Å². The molecule has 0 spiro atoms. The van der Waals surface area contributed by atoms with E-state index in [1.807, 2.05) is 24.3 Å². The van der Waals surface area contributed by atoms with Crippen molar-refractivity contribution in [3.05, 3.63) is 58.3 Å². The minimum Gasteiger partial charge on any atom is -0.398 e. The summed E-state index contributed by atoms with van der Waals surface area (Å²) in [6.07, 6.45) is 0. The maximum atomic E-state index is 13.0. The lowest BCUT2D eigenvalue weighted by Gasteiger charge is -2.15. The van der Waals surface area contributed by atoms with Crippen LogP contribution in [-0.2, 0) is 10.0 Å². The molecule has 2 aromatic rings. The highest BCUT2D eigenvalue weighted by atomic mass is 79.9. The Morgan fingerprint density at radius 1 is 1.19 bits per heavy atom. The van der Waals surface area contributed by atoms with E-state index >= 15 is 0 Å². The smallest absolute Gasteiger partial charge is 0.243 e. The fourth-order valence-electron chi connectivity index (χ4n) is 1.88. The number of hydrogen-bond acceptors (Lipinski definition) is 3. The number of rotatable bonds is 4. The van der Waals surface area contributed by atoms with Crippen LogP contribution in [0.5, 0.6) is 0 Å². The molecule has 0 aliphatic heterocycles. The van der Waals surface area contributed by atoms with Crippen molar-refractivity contribution in [1.29, 1.82) is 0 Å². The first-order valence-electron chi connectivity index (χ1n) is 6.12. The van der Waals surface area contributed by atoms with Gasteiger partial charge in [0.25, 0.3) is 0 Å². The molecule has 1 atom stereocenters. The lowest BCUT2D eigenvalue weighted by Crippen LogP contribution is -2.27. The molecule has 2 rings (SSSR count). The Bertz CT molecular complexity index is 748. The maximum absolute atomic E-state index is 13.0. The van der Waals surface area contributed by atoms with Crippen molar-refractivity contribution in [3.63, 3.8) is 0 Å². The van der Waals surface area contributed by atoms with E-state index in [1.54, 1.807) is 6.92 Å². The zero-order chi connectivity index (χ0) is 15.6. The summed E-state index contributed by atoms with van der Waals surface area (Å²) in [5.74, 6) is -0.576. The summed E-state index contributed by atoms with van der Waals surface area (Å²) in [4.78, 5) is -0.132. The summed E-state index contributed by atoms with van der Waals surface area (Å²) < 4.78 is 41.0. The van der Waals surface area contributed by atoms with Gasteiger partial charge in [-0.2, -0.15) is 0 Å². The van der Waals surface area contributed by atoms with Gasteiger partial charge in [0.15, 0.2) is 0 Å². The monoisotopic (exact) mass is 372 g/mol. The van der Waals surface area contributed by atoms with Gasteiger partial charge in [0.2, 0.25) is 10.0 Å². The highest BCUT2D eigenvalue weighted by Crippen LogP contribution is 2.23. The molecule has 3 N–H and O–H groups in total. The number of nitrogen functional groups attached to an aromatic ring is 1. The van der Waals surface area contributed by atoms with E-state index in [0.717, 1.165) is 28.2 Å². The van der Waals surface area contributed by atoms with E-state index in [9.17, 15) is 12.8 Å². The van der Waals surface area contributed by atoms with Crippen LogP contribution in [0.4, 0.5) is 10.1 Å². The third-order valence-electron chi connectivity index (χ3n) is 2.96. The normalized spacial score (nSPS) is 13.1. The van der Waals surface area contributed by atoms with E-state index in [-0.39, 0.29) is 10.6 Å². The van der Waals surface area contributed by atoms with E-state index in [4.69, 9.17) is 5.73 Å². The fraction of sp³-hybridized carbons (Fsp3) is 0.143. The first kappa shape index (κ1) is 15.9. The van der Waals surface area contributed by atoms with Gasteiger partial charge < -0.3 is 5.73 Å². The Morgan fingerprint density at radius 3 is 2.38 bits per heavy atom. The van der Waals surface area contributed by atoms with E-state index in [2.05, 4.69) is 20.7 Å². The molecule has 112 valence electrons. The second-order valence-electron chi connectivity index (χ2n) is 4.58. The lowest BCUT2D eigenvalue weighted by atomic mass is 10.1. The van der Waals surface area contributed by atoms with E-state index in [1.165, 1.54) is 0 Å². The predicted octanol–water partition coefficient (Wildman–Crippen LogP) is 3.21. The van der Waals surface area contributed by atoms with Crippen LogP contribution in [-0.4, -0.2) is 8.42 Å². The Kier molecular flexibility index (Phi) is 4.65. The van der Waals surface area contributed by atoms with Crippen LogP contribution in [0.25, 0.3) is 0 Å². The number of nitrogens with one attached hydrogen (secondary N) is 1. The van der Waals surface area contributed by atoms with E-state index < -0.39 is 21.9 Å². The molecule has 0 aromatic heterocycles. The van der Waals surface area contributed by atoms with Crippen molar-refractivity contribution in [2.45, 2.75) is 17.9 Å². The van der Waals surface area contributed by atoms with Crippen LogP contribution >= 0.6 is 15.9 Å². The largest absolute Gasteiger partial charge is 0.398 e. The highest BCUT2D eigenvalue weighted by molar-refractivity contribution is 9.10. The molecule has 0 bridgehead atoms. The van der Waals surface area contributed by atoms with Gasteiger partial charge in [-0.05, 0) is 42.8 Å². The molecule has 0 saturated heterocycles. The van der Waals surface area contributed by atoms with E-state index in [0.29, 0.717) is 0 Å². The molecule has 0 aliphatic carbocycles. The third kappa shape index (κ3) is 3.81. The number of hydrogen-bond donors (Lipinski definition) is 2. The average molecular weight is 373 g/mol. The summed E-state index contributed by atoms with van der Waals surface area (Å²) in [5, 5.41) is 0. The quantitative estimate of drug-likeness (QED) is 0.809. The van der Waals surface area contributed by atoms with Gasteiger partial charge in [0.05, 0.1) is 5.69 Å². The summed E-state index contributed by atoms with van der Waals surface area (Å²) in [6.45, 7) is 1.72. The molecule has 0 saturated carbocycles. The van der Waals surface area contributed by atoms with Crippen molar-refractivity contribution >= 4 is 31.6 Å². The van der Waals surface area contributed by atoms with Gasteiger partial charge >= 0.3 is 0 Å². The maximum Gasteiger partial charge on any atom is 0.243 e. The second-order valence-corrected chi connectivity index (χ2v) is 7.17. The molecule has 7 heteroatoms. The van der Waals surface area contributed by atoms with Crippen LogP contribution in [0.2, 0.25) is 0 Å².